The Bertz CT molecular complexity index is 1010. The van der Waals surface area contributed by atoms with Gasteiger partial charge >= 0.3 is 5.97 Å². The Balaban J connectivity index is 1.33. The van der Waals surface area contributed by atoms with Gasteiger partial charge in [0.2, 0.25) is 0 Å². The van der Waals surface area contributed by atoms with Gasteiger partial charge in [-0.15, -0.1) is 5.10 Å². The summed E-state index contributed by atoms with van der Waals surface area (Å²) < 4.78 is 6.55. The molecule has 1 fully saturated rings. The van der Waals surface area contributed by atoms with E-state index in [-0.39, 0.29) is 5.97 Å². The molecule has 0 amide bonds. The van der Waals surface area contributed by atoms with Crippen LogP contribution in [0.3, 0.4) is 0 Å². The Morgan fingerprint density at radius 3 is 2.74 bits per heavy atom. The summed E-state index contributed by atoms with van der Waals surface area (Å²) >= 11 is 0. The van der Waals surface area contributed by atoms with E-state index in [0.29, 0.717) is 6.04 Å². The van der Waals surface area contributed by atoms with Crippen molar-refractivity contribution in [2.75, 3.05) is 20.2 Å². The fourth-order valence-electron chi connectivity index (χ4n) is 4.09. The van der Waals surface area contributed by atoms with Crippen molar-refractivity contribution in [3.63, 3.8) is 0 Å². The number of rotatable bonds is 8. The summed E-state index contributed by atoms with van der Waals surface area (Å²) in [7, 11) is 1.38. The fourth-order valence-corrected chi connectivity index (χ4v) is 4.09. The number of hydrogen-bond acceptors (Lipinski definition) is 5. The van der Waals surface area contributed by atoms with Gasteiger partial charge in [-0.25, -0.2) is 9.48 Å². The lowest BCUT2D eigenvalue weighted by atomic mass is 10.0. The number of aromatic nitrogens is 3. The van der Waals surface area contributed by atoms with Crippen molar-refractivity contribution in [2.24, 2.45) is 0 Å². The fraction of sp³-hybridized carbons (Fsp3) is 0.320. The highest BCUT2D eigenvalue weighted by Crippen LogP contribution is 2.32. The maximum Gasteiger partial charge on any atom is 0.330 e. The molecule has 0 aliphatic carbocycles. The zero-order valence-electron chi connectivity index (χ0n) is 17.9. The minimum Gasteiger partial charge on any atom is -0.466 e. The van der Waals surface area contributed by atoms with E-state index in [0.717, 1.165) is 43.7 Å². The monoisotopic (exact) mass is 416 g/mol. The van der Waals surface area contributed by atoms with Crippen molar-refractivity contribution >= 4 is 12.0 Å². The molecule has 3 aromatic rings. The Labute approximate surface area is 183 Å². The van der Waals surface area contributed by atoms with Crippen LogP contribution in [0.1, 0.15) is 41.3 Å². The molecule has 0 saturated carbocycles. The summed E-state index contributed by atoms with van der Waals surface area (Å²) in [5.41, 5.74) is 4.57. The predicted octanol–water partition coefficient (Wildman–Crippen LogP) is 3.89. The van der Waals surface area contributed by atoms with Crippen LogP contribution in [-0.2, 0) is 22.5 Å². The number of methoxy groups -OCH3 is 1. The Morgan fingerprint density at radius 2 is 1.97 bits per heavy atom. The topological polar surface area (TPSA) is 60.2 Å². The highest BCUT2D eigenvalue weighted by atomic mass is 16.5. The van der Waals surface area contributed by atoms with Crippen molar-refractivity contribution in [3.8, 4) is 0 Å². The molecule has 0 spiro atoms. The van der Waals surface area contributed by atoms with Crippen LogP contribution < -0.4 is 0 Å². The Kier molecular flexibility index (Phi) is 6.89. The largest absolute Gasteiger partial charge is 0.466 e. The van der Waals surface area contributed by atoms with Crippen molar-refractivity contribution in [1.82, 2.24) is 19.9 Å². The molecule has 6 nitrogen and oxygen atoms in total. The first-order chi connectivity index (χ1) is 15.2. The average molecular weight is 417 g/mol. The third-order valence-corrected chi connectivity index (χ3v) is 5.73. The van der Waals surface area contributed by atoms with E-state index in [1.807, 2.05) is 22.9 Å². The molecule has 2 aromatic carbocycles. The second-order valence-electron chi connectivity index (χ2n) is 7.86. The maximum atomic E-state index is 11.3. The first-order valence-corrected chi connectivity index (χ1v) is 10.7. The molecule has 6 heteroatoms. The van der Waals surface area contributed by atoms with Gasteiger partial charge in [0.1, 0.15) is 0 Å². The third kappa shape index (κ3) is 5.67. The number of benzene rings is 2. The van der Waals surface area contributed by atoms with Crippen molar-refractivity contribution in [2.45, 2.75) is 31.8 Å². The summed E-state index contributed by atoms with van der Waals surface area (Å²) in [5, 5.41) is 8.65. The van der Waals surface area contributed by atoms with Crippen LogP contribution >= 0.6 is 0 Å². The summed E-state index contributed by atoms with van der Waals surface area (Å²) in [5.74, 6) is -0.341. The molecular formula is C25H28N4O2. The van der Waals surface area contributed by atoms with Gasteiger partial charge in [0.25, 0.3) is 0 Å². The van der Waals surface area contributed by atoms with Gasteiger partial charge < -0.3 is 4.74 Å². The zero-order chi connectivity index (χ0) is 21.5. The second kappa shape index (κ2) is 10.2. The number of carbonyl (C=O) groups is 1. The van der Waals surface area contributed by atoms with Crippen molar-refractivity contribution in [1.29, 1.82) is 0 Å². The highest BCUT2D eigenvalue weighted by Gasteiger charge is 2.25. The number of hydrogen-bond donors (Lipinski definition) is 0. The van der Waals surface area contributed by atoms with Crippen molar-refractivity contribution in [3.05, 3.63) is 89.3 Å². The molecule has 1 aromatic heterocycles. The van der Waals surface area contributed by atoms with Gasteiger partial charge in [-0.1, -0.05) is 59.8 Å². The molecule has 0 bridgehead atoms. The summed E-state index contributed by atoms with van der Waals surface area (Å²) in [6.07, 6.45) is 8.54. The van der Waals surface area contributed by atoms with Crippen LogP contribution in [0.15, 0.2) is 66.9 Å². The van der Waals surface area contributed by atoms with Crippen LogP contribution in [0.5, 0.6) is 0 Å². The van der Waals surface area contributed by atoms with Crippen LogP contribution in [0.4, 0.5) is 0 Å². The molecule has 1 saturated heterocycles. The maximum absolute atomic E-state index is 11.3. The second-order valence-corrected chi connectivity index (χ2v) is 7.86. The van der Waals surface area contributed by atoms with E-state index >= 15 is 0 Å². The molecule has 1 aliphatic heterocycles. The first-order valence-electron chi connectivity index (χ1n) is 10.7. The zero-order valence-corrected chi connectivity index (χ0v) is 17.9. The number of ether oxygens (including phenoxy) is 1. The summed E-state index contributed by atoms with van der Waals surface area (Å²) in [6, 6.07) is 19.2. The van der Waals surface area contributed by atoms with Gasteiger partial charge in [-0.3, -0.25) is 4.90 Å². The van der Waals surface area contributed by atoms with E-state index in [1.165, 1.54) is 30.7 Å². The number of likely N-dealkylation sites (tertiary alicyclic amines) is 1. The molecule has 0 N–H and O–H groups in total. The number of carbonyl (C=O) groups excluding carboxylic acids is 1. The Hall–Kier alpha value is -3.25. The van der Waals surface area contributed by atoms with Crippen LogP contribution in [0.25, 0.3) is 6.08 Å². The predicted molar refractivity (Wildman–Crippen MR) is 120 cm³/mol. The van der Waals surface area contributed by atoms with E-state index in [4.69, 9.17) is 0 Å². The number of nitrogens with zero attached hydrogens (tertiary/aromatic N) is 4. The minimum atomic E-state index is -0.341. The molecule has 2 heterocycles. The molecule has 31 heavy (non-hydrogen) atoms. The standard InChI is InChI=1S/C25H28N4O2/c1-31-25(30)14-11-20-9-12-22(13-10-20)24-8-5-16-28(24)17-15-23-19-29(27-26-23)18-21-6-3-2-4-7-21/h2-4,6-7,9-14,19,24H,5,8,15-18H2,1H3/b14-11+. The van der Waals surface area contributed by atoms with E-state index in [2.05, 4.69) is 62.5 Å². The lowest BCUT2D eigenvalue weighted by Gasteiger charge is -2.24. The van der Waals surface area contributed by atoms with Crippen LogP contribution in [0, 0.1) is 0 Å². The lowest BCUT2D eigenvalue weighted by Crippen LogP contribution is -2.25. The smallest absolute Gasteiger partial charge is 0.330 e. The SMILES string of the molecule is COC(=O)/C=C/c1ccc(C2CCCN2CCc2cn(Cc3ccccc3)nn2)cc1. The van der Waals surface area contributed by atoms with Crippen LogP contribution in [-0.4, -0.2) is 46.1 Å². The lowest BCUT2D eigenvalue weighted by molar-refractivity contribution is -0.134. The van der Waals surface area contributed by atoms with E-state index in [1.54, 1.807) is 6.08 Å². The van der Waals surface area contributed by atoms with E-state index in [9.17, 15) is 4.79 Å². The molecule has 1 aliphatic rings. The summed E-state index contributed by atoms with van der Waals surface area (Å²) in [4.78, 5) is 13.8. The van der Waals surface area contributed by atoms with E-state index < -0.39 is 0 Å². The molecule has 1 atom stereocenters. The minimum absolute atomic E-state index is 0.341. The Morgan fingerprint density at radius 1 is 1.16 bits per heavy atom. The molecule has 160 valence electrons. The molecule has 0 radical (unpaired) electrons. The highest BCUT2D eigenvalue weighted by molar-refractivity contribution is 5.86. The average Bonchev–Trinajstić information content (AvgIpc) is 3.46. The molecule has 4 rings (SSSR count). The third-order valence-electron chi connectivity index (χ3n) is 5.73. The quantitative estimate of drug-likeness (QED) is 0.412. The van der Waals surface area contributed by atoms with Gasteiger partial charge in [-0.2, -0.15) is 0 Å². The van der Waals surface area contributed by atoms with Crippen LogP contribution in [0.2, 0.25) is 0 Å². The van der Waals surface area contributed by atoms with Gasteiger partial charge in [-0.05, 0) is 42.2 Å². The molecular weight excluding hydrogens is 388 g/mol. The number of esters is 1. The molecule has 1 unspecified atom stereocenters. The first kappa shape index (κ1) is 21.0. The summed E-state index contributed by atoms with van der Waals surface area (Å²) in [6.45, 7) is 2.82. The van der Waals surface area contributed by atoms with Crippen molar-refractivity contribution < 1.29 is 9.53 Å². The van der Waals surface area contributed by atoms with Gasteiger partial charge in [0.15, 0.2) is 0 Å². The normalized spacial score (nSPS) is 16.7. The van der Waals surface area contributed by atoms with Gasteiger partial charge in [0, 0.05) is 31.3 Å². The van der Waals surface area contributed by atoms with Gasteiger partial charge in [0.05, 0.1) is 19.3 Å².